The van der Waals surface area contributed by atoms with Crippen molar-refractivity contribution in [2.45, 2.75) is 0 Å². The first-order valence-electron chi connectivity index (χ1n) is 15.2. The summed E-state index contributed by atoms with van der Waals surface area (Å²) < 4.78 is 10.7. The molecule has 0 spiro atoms. The molecule has 0 saturated heterocycles. The van der Waals surface area contributed by atoms with Crippen LogP contribution in [-0.2, 0) is 0 Å². The Kier molecular flexibility index (Phi) is 5.24. The van der Waals surface area contributed by atoms with Crippen LogP contribution in [0.2, 0.25) is 0 Å². The Morgan fingerprint density at radius 2 is 0.977 bits per heavy atom. The van der Waals surface area contributed by atoms with Crippen LogP contribution in [0.5, 0.6) is 0 Å². The Morgan fingerprint density at radius 1 is 0.349 bits per heavy atom. The van der Waals surface area contributed by atoms with E-state index in [0.29, 0.717) is 6.04 Å². The first kappa shape index (κ1) is 23.3. The Hall–Kier alpha value is -5.24. The van der Waals surface area contributed by atoms with Gasteiger partial charge in [-0.1, -0.05) is 133 Å². The molecule has 1 heteroatoms. The third-order valence-electron chi connectivity index (χ3n) is 8.77. The average Bonchev–Trinajstić information content (AvgIpc) is 3.44. The molecule has 0 saturated carbocycles. The number of hydrogen-bond acceptors (Lipinski definition) is 1. The van der Waals surface area contributed by atoms with Crippen LogP contribution < -0.4 is 0 Å². The van der Waals surface area contributed by atoms with E-state index in [-0.39, 0.29) is 0 Å². The largest absolute Gasteiger partial charge is 0.135 e. The zero-order chi connectivity index (χ0) is 29.2. The molecule has 43 heavy (non-hydrogen) atoms. The van der Waals surface area contributed by atoms with Crippen LogP contribution in [0.15, 0.2) is 158 Å². The molecule has 9 rings (SSSR count). The number of benzene rings is 8. The lowest BCUT2D eigenvalue weighted by Crippen LogP contribution is -1.91. The third-order valence-corrected chi connectivity index (χ3v) is 9.91. The van der Waals surface area contributed by atoms with Gasteiger partial charge >= 0.3 is 0 Å². The maximum Gasteiger partial charge on any atom is 0.0623 e. The molecule has 0 aliphatic rings. The van der Waals surface area contributed by atoms with Crippen molar-refractivity contribution >= 4 is 63.8 Å². The van der Waals surface area contributed by atoms with Crippen molar-refractivity contribution in [3.8, 4) is 33.4 Å². The summed E-state index contributed by atoms with van der Waals surface area (Å²) in [6.45, 7) is 0. The molecule has 0 aliphatic carbocycles. The van der Waals surface area contributed by atoms with Crippen LogP contribution >= 0.6 is 11.3 Å². The van der Waals surface area contributed by atoms with E-state index in [1.54, 1.807) is 0 Å². The lowest BCUT2D eigenvalue weighted by Gasteiger charge is -2.18. The summed E-state index contributed by atoms with van der Waals surface area (Å²) in [6, 6.07) is 55.3. The lowest BCUT2D eigenvalue weighted by molar-refractivity contribution is 1.66. The maximum absolute atomic E-state index is 8.05. The Morgan fingerprint density at radius 3 is 1.70 bits per heavy atom. The van der Waals surface area contributed by atoms with Gasteiger partial charge in [0.15, 0.2) is 0 Å². The van der Waals surface area contributed by atoms with Gasteiger partial charge in [-0.25, -0.2) is 0 Å². The van der Waals surface area contributed by atoms with Crippen LogP contribution in [0.3, 0.4) is 0 Å². The van der Waals surface area contributed by atoms with Crippen LogP contribution in [0.25, 0.3) is 85.9 Å². The smallest absolute Gasteiger partial charge is 0.0623 e. The fraction of sp³-hybridized carbons (Fsp3) is 0. The van der Waals surface area contributed by atoms with Gasteiger partial charge in [-0.3, -0.25) is 0 Å². The summed E-state index contributed by atoms with van der Waals surface area (Å²) in [5.74, 6) is 0. The minimum Gasteiger partial charge on any atom is -0.135 e. The zero-order valence-corrected chi connectivity index (χ0v) is 24.2. The molecule has 0 bridgehead atoms. The van der Waals surface area contributed by atoms with Crippen molar-refractivity contribution in [1.29, 1.82) is 0 Å². The van der Waals surface area contributed by atoms with E-state index >= 15 is 0 Å². The Balaban J connectivity index is 1.29. The lowest BCUT2D eigenvalue weighted by atomic mass is 9.85. The fourth-order valence-electron chi connectivity index (χ4n) is 6.78. The molecule has 1 aromatic heterocycles. The first-order chi connectivity index (χ1) is 21.7. The number of fused-ring (bicyclic) bond motifs is 6. The highest BCUT2D eigenvalue weighted by molar-refractivity contribution is 7.25. The molecule has 1 heterocycles. The van der Waals surface area contributed by atoms with E-state index in [1.165, 1.54) is 75.1 Å². The van der Waals surface area contributed by atoms with E-state index < -0.39 is 0 Å². The van der Waals surface area contributed by atoms with Crippen molar-refractivity contribution in [2.75, 3.05) is 0 Å². The number of hydrogen-bond donors (Lipinski definition) is 0. The molecular weight excluding hydrogens is 537 g/mol. The van der Waals surface area contributed by atoms with Gasteiger partial charge in [0.1, 0.15) is 0 Å². The van der Waals surface area contributed by atoms with Crippen LogP contribution in [-0.4, -0.2) is 0 Å². The third kappa shape index (κ3) is 3.90. The van der Waals surface area contributed by atoms with Gasteiger partial charge in [-0.15, -0.1) is 11.3 Å². The fourth-order valence-corrected chi connectivity index (χ4v) is 7.90. The van der Waals surface area contributed by atoms with Gasteiger partial charge in [-0.2, -0.15) is 0 Å². The van der Waals surface area contributed by atoms with Gasteiger partial charge in [0.25, 0.3) is 0 Å². The van der Waals surface area contributed by atoms with Crippen molar-refractivity contribution in [3.05, 3.63) is 158 Å². The average molecular weight is 564 g/mol. The van der Waals surface area contributed by atoms with Crippen molar-refractivity contribution in [1.82, 2.24) is 0 Å². The number of thiophene rings is 1. The normalized spacial score (nSPS) is 12.0. The van der Waals surface area contributed by atoms with E-state index in [2.05, 4.69) is 140 Å². The molecule has 0 atom stereocenters. The molecule has 0 aliphatic heterocycles. The SMILES string of the molecule is [2H]c1ccc2cc(-c3c4ccccc4c(-c4ccc5sc6cc(-c7ccccc7)ccc6c5c4)c4ccccc34)ccc2c1. The van der Waals surface area contributed by atoms with Gasteiger partial charge in [-0.05, 0) is 90.0 Å². The summed E-state index contributed by atoms with van der Waals surface area (Å²) in [4.78, 5) is 0. The summed E-state index contributed by atoms with van der Waals surface area (Å²) in [6.07, 6.45) is 0. The standard InChI is InChI=1S/C42H26S/c1-2-10-27(11-3-1)30-20-22-33-38-25-32(21-23-39(38)43-40(33)26-30)42-36-16-8-6-14-34(36)41(35-15-7-9-17-37(35)42)31-19-18-28-12-4-5-13-29(28)24-31/h1-26H/i4D. The van der Waals surface area contributed by atoms with E-state index in [1.807, 2.05) is 23.5 Å². The molecule has 200 valence electrons. The quantitative estimate of drug-likeness (QED) is 0.188. The van der Waals surface area contributed by atoms with Crippen LogP contribution in [0, 0.1) is 0 Å². The van der Waals surface area contributed by atoms with Crippen molar-refractivity contribution in [3.63, 3.8) is 0 Å². The molecule has 0 fully saturated rings. The van der Waals surface area contributed by atoms with E-state index in [0.717, 1.165) is 10.8 Å². The topological polar surface area (TPSA) is 0 Å². The van der Waals surface area contributed by atoms with Gasteiger partial charge in [0, 0.05) is 20.2 Å². The second kappa shape index (κ2) is 9.66. The molecule has 0 unspecified atom stereocenters. The van der Waals surface area contributed by atoms with Gasteiger partial charge in [0.2, 0.25) is 0 Å². The Labute approximate surface area is 255 Å². The first-order valence-corrected chi connectivity index (χ1v) is 15.5. The molecule has 0 radical (unpaired) electrons. The minimum absolute atomic E-state index is 0.539. The highest BCUT2D eigenvalue weighted by atomic mass is 32.1. The molecular formula is C42H26S. The molecule has 0 amide bonds. The predicted molar refractivity (Wildman–Crippen MR) is 188 cm³/mol. The molecule has 8 aromatic carbocycles. The summed E-state index contributed by atoms with van der Waals surface area (Å²) >= 11 is 1.87. The second-order valence-corrected chi connectivity index (χ2v) is 12.3. The summed E-state index contributed by atoms with van der Waals surface area (Å²) in [5.41, 5.74) is 7.48. The Bertz CT molecular complexity index is 2500. The highest BCUT2D eigenvalue weighted by Crippen LogP contribution is 2.46. The molecule has 0 N–H and O–H groups in total. The maximum atomic E-state index is 8.05. The van der Waals surface area contributed by atoms with Crippen LogP contribution in [0.4, 0.5) is 0 Å². The molecule has 0 nitrogen and oxygen atoms in total. The summed E-state index contributed by atoms with van der Waals surface area (Å²) in [5, 5.41) is 9.88. The summed E-state index contributed by atoms with van der Waals surface area (Å²) in [7, 11) is 0. The second-order valence-electron chi connectivity index (χ2n) is 11.2. The van der Waals surface area contributed by atoms with Gasteiger partial charge in [0.05, 0.1) is 1.37 Å². The van der Waals surface area contributed by atoms with E-state index in [4.69, 9.17) is 1.37 Å². The monoisotopic (exact) mass is 563 g/mol. The highest BCUT2D eigenvalue weighted by Gasteiger charge is 2.18. The zero-order valence-electron chi connectivity index (χ0n) is 24.3. The van der Waals surface area contributed by atoms with Crippen molar-refractivity contribution in [2.24, 2.45) is 0 Å². The molecule has 9 aromatic rings. The van der Waals surface area contributed by atoms with Crippen LogP contribution in [0.1, 0.15) is 1.37 Å². The minimum atomic E-state index is 0.539. The van der Waals surface area contributed by atoms with E-state index in [9.17, 15) is 0 Å². The van der Waals surface area contributed by atoms with Crippen molar-refractivity contribution < 1.29 is 1.37 Å². The number of rotatable bonds is 3. The predicted octanol–water partition coefficient (Wildman–Crippen LogP) is 12.5. The van der Waals surface area contributed by atoms with Gasteiger partial charge < -0.3 is 0 Å².